The minimum absolute atomic E-state index is 0.612. The van der Waals surface area contributed by atoms with E-state index in [1.165, 1.54) is 0 Å². The van der Waals surface area contributed by atoms with E-state index in [1.807, 2.05) is 0 Å². The highest BCUT2D eigenvalue weighted by Gasteiger charge is 2.30. The topological polar surface area (TPSA) is 62.4 Å². The van der Waals surface area contributed by atoms with Crippen molar-refractivity contribution in [1.82, 2.24) is 9.88 Å². The number of pyridine rings is 1. The molecule has 4 nitrogen and oxygen atoms in total. The van der Waals surface area contributed by atoms with E-state index >= 15 is 0 Å². The first-order chi connectivity index (χ1) is 8.09. The quantitative estimate of drug-likeness (QED) is 0.804. The van der Waals surface area contributed by atoms with Crippen LogP contribution in [0.3, 0.4) is 0 Å². The lowest BCUT2D eigenvalue weighted by Crippen LogP contribution is -2.33. The third-order valence-corrected chi connectivity index (χ3v) is 3.60. The maximum absolute atomic E-state index is 10.6. The summed E-state index contributed by atoms with van der Waals surface area (Å²) in [6.07, 6.45) is 6.74. The molecule has 1 aliphatic heterocycles. The van der Waals surface area contributed by atoms with Gasteiger partial charge in [-0.05, 0) is 44.5 Å². The molecule has 1 aliphatic rings. The molecule has 1 atom stereocenters. The zero-order valence-electron chi connectivity index (χ0n) is 10.4. The summed E-state index contributed by atoms with van der Waals surface area (Å²) in [5, 5.41) is 10.6. The lowest BCUT2D eigenvalue weighted by Gasteiger charge is -2.27. The van der Waals surface area contributed by atoms with Crippen molar-refractivity contribution in [2.75, 3.05) is 25.9 Å². The summed E-state index contributed by atoms with van der Waals surface area (Å²) in [4.78, 5) is 6.35. The first-order valence-corrected chi connectivity index (χ1v) is 6.18. The summed E-state index contributed by atoms with van der Waals surface area (Å²) < 4.78 is 0. The van der Waals surface area contributed by atoms with Gasteiger partial charge in [0.2, 0.25) is 0 Å². The van der Waals surface area contributed by atoms with E-state index in [4.69, 9.17) is 5.73 Å². The maximum Gasteiger partial charge on any atom is 0.0702 e. The molecule has 0 saturated carbocycles. The largest absolute Gasteiger partial charge is 0.398 e. The molecule has 2 rings (SSSR count). The van der Waals surface area contributed by atoms with Crippen molar-refractivity contribution in [3.8, 4) is 0 Å². The third kappa shape index (κ3) is 3.17. The zero-order chi connectivity index (χ0) is 12.3. The van der Waals surface area contributed by atoms with Crippen molar-refractivity contribution in [1.29, 1.82) is 0 Å². The van der Waals surface area contributed by atoms with E-state index < -0.39 is 5.60 Å². The maximum atomic E-state index is 10.6. The molecule has 4 heteroatoms. The lowest BCUT2D eigenvalue weighted by atomic mass is 9.88. The molecule has 0 amide bonds. The van der Waals surface area contributed by atoms with Crippen LogP contribution in [0.4, 0.5) is 5.69 Å². The number of hydrogen-bond donors (Lipinski definition) is 2. The lowest BCUT2D eigenvalue weighted by molar-refractivity contribution is 0.0264. The van der Waals surface area contributed by atoms with Gasteiger partial charge in [0.05, 0.1) is 5.60 Å². The Morgan fingerprint density at radius 3 is 3.06 bits per heavy atom. The van der Waals surface area contributed by atoms with Gasteiger partial charge in [0.25, 0.3) is 0 Å². The molecular weight excluding hydrogens is 214 g/mol. The number of anilines is 1. The van der Waals surface area contributed by atoms with Gasteiger partial charge in [0.1, 0.15) is 0 Å². The summed E-state index contributed by atoms with van der Waals surface area (Å²) in [5.74, 6) is 0. The summed E-state index contributed by atoms with van der Waals surface area (Å²) in [5.41, 5.74) is 6.96. The molecule has 1 saturated heterocycles. The molecule has 2 heterocycles. The van der Waals surface area contributed by atoms with Crippen LogP contribution >= 0.6 is 0 Å². The first kappa shape index (κ1) is 12.3. The van der Waals surface area contributed by atoms with Crippen LogP contribution in [0.5, 0.6) is 0 Å². The Bertz CT molecular complexity index is 383. The fourth-order valence-corrected chi connectivity index (χ4v) is 2.43. The summed E-state index contributed by atoms with van der Waals surface area (Å²) in [7, 11) is 2.10. The van der Waals surface area contributed by atoms with Crippen molar-refractivity contribution in [2.24, 2.45) is 0 Å². The van der Waals surface area contributed by atoms with Gasteiger partial charge in [0.15, 0.2) is 0 Å². The number of nitrogens with zero attached hydrogens (tertiary/aromatic N) is 2. The molecule has 0 bridgehead atoms. The highest BCUT2D eigenvalue weighted by Crippen LogP contribution is 2.27. The SMILES string of the molecule is CN1CCCC(O)(Cc2cnccc2N)CC1. The van der Waals surface area contributed by atoms with Gasteiger partial charge >= 0.3 is 0 Å². The zero-order valence-corrected chi connectivity index (χ0v) is 10.4. The molecule has 1 aromatic heterocycles. The Labute approximate surface area is 102 Å². The molecule has 94 valence electrons. The number of nitrogens with two attached hydrogens (primary N) is 1. The average Bonchev–Trinajstić information content (AvgIpc) is 2.45. The standard InChI is InChI=1S/C13H21N3O/c1-16-7-2-4-13(17,5-8-16)9-11-10-15-6-3-12(11)14/h3,6,10,17H,2,4-5,7-9H2,1H3,(H2,14,15). The van der Waals surface area contributed by atoms with Gasteiger partial charge in [0, 0.05) is 31.0 Å². The normalized spacial score (nSPS) is 26.7. The number of nitrogen functional groups attached to an aromatic ring is 1. The molecule has 1 aromatic rings. The second kappa shape index (κ2) is 5.02. The predicted molar refractivity (Wildman–Crippen MR) is 68.7 cm³/mol. The van der Waals surface area contributed by atoms with Crippen LogP contribution in [0.1, 0.15) is 24.8 Å². The van der Waals surface area contributed by atoms with Crippen molar-refractivity contribution < 1.29 is 5.11 Å². The molecular formula is C13H21N3O. The van der Waals surface area contributed by atoms with E-state index in [2.05, 4.69) is 16.9 Å². The molecule has 1 unspecified atom stereocenters. The van der Waals surface area contributed by atoms with Crippen molar-refractivity contribution in [3.63, 3.8) is 0 Å². The van der Waals surface area contributed by atoms with Crippen LogP contribution in [0, 0.1) is 0 Å². The Kier molecular flexibility index (Phi) is 3.64. The Hall–Kier alpha value is -1.13. The van der Waals surface area contributed by atoms with Crippen LogP contribution in [0.25, 0.3) is 0 Å². The number of rotatable bonds is 2. The van der Waals surface area contributed by atoms with Crippen molar-refractivity contribution in [2.45, 2.75) is 31.3 Å². The van der Waals surface area contributed by atoms with Crippen molar-refractivity contribution in [3.05, 3.63) is 24.0 Å². The number of aliphatic hydroxyl groups is 1. The van der Waals surface area contributed by atoms with Gasteiger partial charge in [-0.2, -0.15) is 0 Å². The van der Waals surface area contributed by atoms with E-state index in [0.717, 1.165) is 43.6 Å². The number of hydrogen-bond acceptors (Lipinski definition) is 4. The minimum Gasteiger partial charge on any atom is -0.398 e. The highest BCUT2D eigenvalue weighted by molar-refractivity contribution is 5.45. The molecule has 1 fully saturated rings. The number of aromatic nitrogens is 1. The van der Waals surface area contributed by atoms with Crippen LogP contribution in [0.15, 0.2) is 18.5 Å². The summed E-state index contributed by atoms with van der Waals surface area (Å²) >= 11 is 0. The van der Waals surface area contributed by atoms with Crippen LogP contribution in [-0.4, -0.2) is 40.7 Å². The minimum atomic E-state index is -0.623. The molecule has 0 radical (unpaired) electrons. The predicted octanol–water partition coefficient (Wildman–Crippen LogP) is 1.05. The molecule has 0 aromatic carbocycles. The molecule has 0 aliphatic carbocycles. The van der Waals surface area contributed by atoms with E-state index in [-0.39, 0.29) is 0 Å². The van der Waals surface area contributed by atoms with E-state index in [1.54, 1.807) is 18.5 Å². The van der Waals surface area contributed by atoms with E-state index in [9.17, 15) is 5.11 Å². The summed E-state index contributed by atoms with van der Waals surface area (Å²) in [6, 6.07) is 1.79. The van der Waals surface area contributed by atoms with Gasteiger partial charge in [-0.25, -0.2) is 0 Å². The monoisotopic (exact) mass is 235 g/mol. The third-order valence-electron chi connectivity index (χ3n) is 3.60. The smallest absolute Gasteiger partial charge is 0.0702 e. The van der Waals surface area contributed by atoms with Gasteiger partial charge in [-0.15, -0.1) is 0 Å². The molecule has 0 spiro atoms. The first-order valence-electron chi connectivity index (χ1n) is 6.18. The second-order valence-electron chi connectivity index (χ2n) is 5.13. The Balaban J connectivity index is 2.09. The van der Waals surface area contributed by atoms with Crippen LogP contribution < -0.4 is 5.73 Å². The van der Waals surface area contributed by atoms with Gasteiger partial charge in [-0.1, -0.05) is 0 Å². The Morgan fingerprint density at radius 2 is 2.29 bits per heavy atom. The van der Waals surface area contributed by atoms with E-state index in [0.29, 0.717) is 6.42 Å². The fourth-order valence-electron chi connectivity index (χ4n) is 2.43. The molecule has 3 N–H and O–H groups in total. The fraction of sp³-hybridized carbons (Fsp3) is 0.615. The molecule has 17 heavy (non-hydrogen) atoms. The van der Waals surface area contributed by atoms with Crippen LogP contribution in [-0.2, 0) is 6.42 Å². The van der Waals surface area contributed by atoms with Crippen LogP contribution in [0.2, 0.25) is 0 Å². The highest BCUT2D eigenvalue weighted by atomic mass is 16.3. The summed E-state index contributed by atoms with van der Waals surface area (Å²) in [6.45, 7) is 2.00. The number of likely N-dealkylation sites (tertiary alicyclic amines) is 1. The Morgan fingerprint density at radius 1 is 1.47 bits per heavy atom. The van der Waals surface area contributed by atoms with Gasteiger partial charge < -0.3 is 15.7 Å². The second-order valence-corrected chi connectivity index (χ2v) is 5.13. The average molecular weight is 235 g/mol. The van der Waals surface area contributed by atoms with Gasteiger partial charge in [-0.3, -0.25) is 4.98 Å². The van der Waals surface area contributed by atoms with Crippen molar-refractivity contribution >= 4 is 5.69 Å².